The molecule has 3 amide bonds. The minimum atomic E-state index is -4.41. The van der Waals surface area contributed by atoms with Gasteiger partial charge in [0.1, 0.15) is 0 Å². The third kappa shape index (κ3) is 9.85. The molecule has 0 radical (unpaired) electrons. The minimum Gasteiger partial charge on any atom is -0.353 e. The van der Waals surface area contributed by atoms with E-state index in [0.29, 0.717) is 35.4 Å². The van der Waals surface area contributed by atoms with Gasteiger partial charge in [0.15, 0.2) is 0 Å². The van der Waals surface area contributed by atoms with E-state index in [1.807, 2.05) is 0 Å². The standard InChI is InChI=1S/C27H31Cl2F3N4O2/c28-23-11-5-20(19-24(23)29)6-12-25(37)33-13-2-1-3-14-35-15-4-16-36(18-17-35)26(38)34-22-9-7-21(8-10-22)27(30,31)32/h5-12,19H,1-4,13-18H2,(H,33,37)(H,34,38)/b12-6+. The zero-order valence-electron chi connectivity index (χ0n) is 20.9. The van der Waals surface area contributed by atoms with E-state index in [4.69, 9.17) is 23.2 Å². The van der Waals surface area contributed by atoms with Gasteiger partial charge in [0.2, 0.25) is 5.91 Å². The Morgan fingerprint density at radius 2 is 1.68 bits per heavy atom. The number of nitrogens with zero attached hydrogens (tertiary/aromatic N) is 2. The molecule has 2 N–H and O–H groups in total. The Hall–Kier alpha value is -2.75. The van der Waals surface area contributed by atoms with Gasteiger partial charge in [0.05, 0.1) is 15.6 Å². The number of halogens is 5. The lowest BCUT2D eigenvalue weighted by Gasteiger charge is -2.22. The number of urea groups is 1. The van der Waals surface area contributed by atoms with E-state index in [9.17, 15) is 22.8 Å². The average Bonchev–Trinajstić information content (AvgIpc) is 3.12. The van der Waals surface area contributed by atoms with Gasteiger partial charge in [-0.25, -0.2) is 4.79 Å². The van der Waals surface area contributed by atoms with E-state index in [0.717, 1.165) is 63.0 Å². The zero-order chi connectivity index (χ0) is 27.5. The van der Waals surface area contributed by atoms with Crippen molar-refractivity contribution in [2.45, 2.75) is 31.9 Å². The first-order chi connectivity index (χ1) is 18.1. The van der Waals surface area contributed by atoms with Crippen LogP contribution in [0.5, 0.6) is 0 Å². The average molecular weight is 571 g/mol. The Labute approximate surface area is 230 Å². The topological polar surface area (TPSA) is 64.7 Å². The number of nitrogens with one attached hydrogen (secondary N) is 2. The predicted molar refractivity (Wildman–Crippen MR) is 145 cm³/mol. The van der Waals surface area contributed by atoms with Crippen LogP contribution in [0.1, 0.15) is 36.8 Å². The summed E-state index contributed by atoms with van der Waals surface area (Å²) in [5.74, 6) is -0.168. The molecule has 0 atom stereocenters. The normalized spacial score (nSPS) is 14.9. The van der Waals surface area contributed by atoms with Crippen LogP contribution in [0.4, 0.5) is 23.7 Å². The maximum atomic E-state index is 12.7. The molecule has 1 aliphatic heterocycles. The van der Waals surface area contributed by atoms with Crippen molar-refractivity contribution < 1.29 is 22.8 Å². The molecule has 6 nitrogen and oxygen atoms in total. The molecule has 1 saturated heterocycles. The zero-order valence-corrected chi connectivity index (χ0v) is 22.4. The molecule has 0 saturated carbocycles. The summed E-state index contributed by atoms with van der Waals surface area (Å²) in [6.45, 7) is 4.23. The van der Waals surface area contributed by atoms with Crippen molar-refractivity contribution in [1.82, 2.24) is 15.1 Å². The fourth-order valence-corrected chi connectivity index (χ4v) is 4.34. The van der Waals surface area contributed by atoms with Crippen LogP contribution in [0, 0.1) is 0 Å². The third-order valence-electron chi connectivity index (χ3n) is 6.16. The summed E-state index contributed by atoms with van der Waals surface area (Å²) in [5, 5.41) is 6.46. The maximum Gasteiger partial charge on any atom is 0.416 e. The van der Waals surface area contributed by atoms with Crippen molar-refractivity contribution in [2.24, 2.45) is 0 Å². The van der Waals surface area contributed by atoms with Gasteiger partial charge in [0, 0.05) is 37.9 Å². The minimum absolute atomic E-state index is 0.168. The van der Waals surface area contributed by atoms with Crippen LogP contribution in [0.3, 0.4) is 0 Å². The van der Waals surface area contributed by atoms with Gasteiger partial charge in [0.25, 0.3) is 0 Å². The van der Waals surface area contributed by atoms with Crippen LogP contribution in [0.25, 0.3) is 6.08 Å². The number of benzene rings is 2. The van der Waals surface area contributed by atoms with Crippen molar-refractivity contribution in [3.8, 4) is 0 Å². The lowest BCUT2D eigenvalue weighted by molar-refractivity contribution is -0.137. The van der Waals surface area contributed by atoms with Gasteiger partial charge in [-0.3, -0.25) is 4.79 Å². The second kappa shape index (κ2) is 14.4. The summed E-state index contributed by atoms with van der Waals surface area (Å²) < 4.78 is 38.1. The quantitative estimate of drug-likeness (QED) is 0.265. The number of hydrogen-bond donors (Lipinski definition) is 2. The number of alkyl halides is 3. The second-order valence-electron chi connectivity index (χ2n) is 9.05. The Morgan fingerprint density at radius 1 is 0.921 bits per heavy atom. The van der Waals surface area contributed by atoms with Crippen molar-refractivity contribution in [3.63, 3.8) is 0 Å². The molecule has 1 aliphatic rings. The van der Waals surface area contributed by atoms with Crippen molar-refractivity contribution in [2.75, 3.05) is 44.6 Å². The van der Waals surface area contributed by atoms with Crippen LogP contribution in [-0.2, 0) is 11.0 Å². The van der Waals surface area contributed by atoms with Crippen molar-refractivity contribution in [3.05, 3.63) is 69.7 Å². The van der Waals surface area contributed by atoms with Gasteiger partial charge < -0.3 is 20.4 Å². The van der Waals surface area contributed by atoms with Crippen LogP contribution in [0.2, 0.25) is 10.0 Å². The molecule has 1 heterocycles. The molecular formula is C27H31Cl2F3N4O2. The van der Waals surface area contributed by atoms with Crippen LogP contribution in [0.15, 0.2) is 48.5 Å². The molecule has 2 aromatic carbocycles. The fourth-order valence-electron chi connectivity index (χ4n) is 4.04. The van der Waals surface area contributed by atoms with Gasteiger partial charge in [-0.15, -0.1) is 0 Å². The lowest BCUT2D eigenvalue weighted by Crippen LogP contribution is -2.38. The van der Waals surface area contributed by atoms with E-state index in [1.165, 1.54) is 18.2 Å². The number of anilines is 1. The van der Waals surface area contributed by atoms with E-state index < -0.39 is 11.7 Å². The van der Waals surface area contributed by atoms with Crippen molar-refractivity contribution in [1.29, 1.82) is 0 Å². The van der Waals surface area contributed by atoms with Gasteiger partial charge >= 0.3 is 12.2 Å². The number of rotatable bonds is 9. The summed E-state index contributed by atoms with van der Waals surface area (Å²) >= 11 is 11.9. The Bertz CT molecular complexity index is 1110. The largest absolute Gasteiger partial charge is 0.416 e. The molecule has 1 fully saturated rings. The Kier molecular flexibility index (Phi) is 11.3. The summed E-state index contributed by atoms with van der Waals surface area (Å²) in [7, 11) is 0. The molecule has 0 aliphatic carbocycles. The molecule has 0 aromatic heterocycles. The Morgan fingerprint density at radius 3 is 2.39 bits per heavy atom. The third-order valence-corrected chi connectivity index (χ3v) is 6.90. The number of hydrogen-bond acceptors (Lipinski definition) is 3. The first kappa shape index (κ1) is 29.8. The summed E-state index contributed by atoms with van der Waals surface area (Å²) in [5.41, 5.74) is 0.378. The van der Waals surface area contributed by atoms with E-state index in [-0.39, 0.29) is 11.9 Å². The van der Waals surface area contributed by atoms with E-state index in [1.54, 1.807) is 29.2 Å². The van der Waals surface area contributed by atoms with Gasteiger partial charge in [-0.2, -0.15) is 13.2 Å². The first-order valence-electron chi connectivity index (χ1n) is 12.5. The first-order valence-corrected chi connectivity index (χ1v) is 13.2. The summed E-state index contributed by atoms with van der Waals surface area (Å²) in [4.78, 5) is 28.6. The molecule has 38 heavy (non-hydrogen) atoms. The molecule has 0 bridgehead atoms. The molecule has 11 heteroatoms. The van der Waals surface area contributed by atoms with Gasteiger partial charge in [-0.1, -0.05) is 35.7 Å². The molecule has 0 spiro atoms. The van der Waals surface area contributed by atoms with E-state index in [2.05, 4.69) is 15.5 Å². The maximum absolute atomic E-state index is 12.7. The number of unbranched alkanes of at least 4 members (excludes halogenated alkanes) is 2. The van der Waals surface area contributed by atoms with Crippen molar-refractivity contribution >= 4 is 46.9 Å². The fraction of sp³-hybridized carbons (Fsp3) is 0.407. The SMILES string of the molecule is O=C(/C=C/c1ccc(Cl)c(Cl)c1)NCCCCCN1CCCN(C(=O)Nc2ccc(C(F)(F)F)cc2)CC1. The predicted octanol–water partition coefficient (Wildman–Crippen LogP) is 6.55. The molecular weight excluding hydrogens is 540 g/mol. The molecule has 206 valence electrons. The number of carbonyl (C=O) groups excluding carboxylic acids is 2. The lowest BCUT2D eigenvalue weighted by atomic mass is 10.2. The Balaban J connectivity index is 1.29. The molecule has 2 aromatic rings. The van der Waals surface area contributed by atoms with Crippen LogP contribution in [-0.4, -0.2) is 61.0 Å². The van der Waals surface area contributed by atoms with E-state index >= 15 is 0 Å². The highest BCUT2D eigenvalue weighted by Crippen LogP contribution is 2.30. The molecule has 0 unspecified atom stereocenters. The van der Waals surface area contributed by atoms with Gasteiger partial charge in [-0.05, 0) is 80.4 Å². The second-order valence-corrected chi connectivity index (χ2v) is 9.86. The smallest absolute Gasteiger partial charge is 0.353 e. The highest BCUT2D eigenvalue weighted by atomic mass is 35.5. The monoisotopic (exact) mass is 570 g/mol. The summed E-state index contributed by atoms with van der Waals surface area (Å²) in [6.07, 6.45) is 2.37. The number of carbonyl (C=O) groups is 2. The molecule has 3 rings (SSSR count). The number of amides is 3. The highest BCUT2D eigenvalue weighted by molar-refractivity contribution is 6.42. The van der Waals surface area contributed by atoms with Crippen LogP contribution < -0.4 is 10.6 Å². The highest BCUT2D eigenvalue weighted by Gasteiger charge is 2.30. The van der Waals surface area contributed by atoms with Crippen LogP contribution >= 0.6 is 23.2 Å². The summed E-state index contributed by atoms with van der Waals surface area (Å²) in [6, 6.07) is 9.29.